The topological polar surface area (TPSA) is 125 Å². The molecule has 2 aromatic carbocycles. The lowest BCUT2D eigenvalue weighted by Gasteiger charge is -2.37. The summed E-state index contributed by atoms with van der Waals surface area (Å²) >= 11 is 6.10. The van der Waals surface area contributed by atoms with Gasteiger partial charge in [0.05, 0.1) is 0 Å². The van der Waals surface area contributed by atoms with E-state index in [4.69, 9.17) is 11.6 Å². The Morgan fingerprint density at radius 2 is 1.94 bits per heavy atom. The molecule has 3 rings (SSSR count). The first-order chi connectivity index (χ1) is 15.2. The number of aliphatic hydroxyl groups is 1. The van der Waals surface area contributed by atoms with Gasteiger partial charge in [0, 0.05) is 36.6 Å². The van der Waals surface area contributed by atoms with Crippen LogP contribution in [0.4, 0.5) is 16.2 Å². The van der Waals surface area contributed by atoms with Gasteiger partial charge in [-0.25, -0.2) is 4.79 Å². The van der Waals surface area contributed by atoms with E-state index < -0.39 is 22.3 Å². The van der Waals surface area contributed by atoms with Gasteiger partial charge >= 0.3 is 16.2 Å². The quantitative estimate of drug-likeness (QED) is 0.519. The fourth-order valence-electron chi connectivity index (χ4n) is 3.59. The molecule has 11 heteroatoms. The van der Waals surface area contributed by atoms with Gasteiger partial charge in [0.25, 0.3) is 0 Å². The Morgan fingerprint density at radius 3 is 2.59 bits per heavy atom. The fourth-order valence-corrected chi connectivity index (χ4v) is 4.63. The molecule has 1 atom stereocenters. The number of halogens is 1. The fraction of sp³-hybridized carbons (Fsp3) is 0.333. The SMILES string of the molecule is CNC(=O)OS(=O)(=O)c1ccc(NC(=O)[C@@H](CCO)N2CCCc3cc(Cl)ccc32)cc1. The number of nitrogens with zero attached hydrogens (tertiary/aromatic N) is 1. The first-order valence-corrected chi connectivity index (χ1v) is 11.8. The van der Waals surface area contributed by atoms with Crippen molar-refractivity contribution in [3.8, 4) is 0 Å². The number of rotatable bonds is 7. The van der Waals surface area contributed by atoms with E-state index in [1.807, 2.05) is 17.0 Å². The molecule has 3 N–H and O–H groups in total. The lowest BCUT2D eigenvalue weighted by molar-refractivity contribution is -0.117. The van der Waals surface area contributed by atoms with Crippen molar-refractivity contribution in [3.63, 3.8) is 0 Å². The van der Waals surface area contributed by atoms with Crippen LogP contribution in [0.2, 0.25) is 5.02 Å². The molecule has 0 fully saturated rings. The van der Waals surface area contributed by atoms with Crippen molar-refractivity contribution < 1.29 is 27.3 Å². The summed E-state index contributed by atoms with van der Waals surface area (Å²) < 4.78 is 28.5. The second kappa shape index (κ2) is 10.2. The maximum Gasteiger partial charge on any atom is 0.422 e. The van der Waals surface area contributed by atoms with Gasteiger partial charge < -0.3 is 24.8 Å². The number of carbonyl (C=O) groups excluding carboxylic acids is 2. The molecule has 0 aliphatic carbocycles. The second-order valence-electron chi connectivity index (χ2n) is 7.19. The Kier molecular flexibility index (Phi) is 7.60. The van der Waals surface area contributed by atoms with E-state index in [0.717, 1.165) is 24.1 Å². The van der Waals surface area contributed by atoms with Crippen LogP contribution < -0.4 is 15.5 Å². The molecule has 1 heterocycles. The zero-order valence-electron chi connectivity index (χ0n) is 17.4. The highest BCUT2D eigenvalue weighted by Crippen LogP contribution is 2.32. The van der Waals surface area contributed by atoms with Crippen LogP contribution in [0, 0.1) is 0 Å². The van der Waals surface area contributed by atoms with Crippen molar-refractivity contribution >= 4 is 45.1 Å². The molecule has 2 amide bonds. The number of aliphatic hydroxyl groups excluding tert-OH is 1. The summed E-state index contributed by atoms with van der Waals surface area (Å²) in [5, 5.41) is 15.0. The minimum Gasteiger partial charge on any atom is -0.396 e. The summed E-state index contributed by atoms with van der Waals surface area (Å²) in [6, 6.07) is 10.2. The molecule has 0 spiro atoms. The Balaban J connectivity index is 1.77. The third-order valence-corrected chi connectivity index (χ3v) is 6.53. The number of benzene rings is 2. The van der Waals surface area contributed by atoms with Crippen molar-refractivity contribution in [2.45, 2.75) is 30.2 Å². The monoisotopic (exact) mass is 481 g/mol. The van der Waals surface area contributed by atoms with Crippen LogP contribution in [0.25, 0.3) is 0 Å². The number of fused-ring (bicyclic) bond motifs is 1. The number of anilines is 2. The van der Waals surface area contributed by atoms with Gasteiger partial charge in [0.15, 0.2) is 0 Å². The van der Waals surface area contributed by atoms with Gasteiger partial charge in [0.1, 0.15) is 10.9 Å². The molecule has 1 aliphatic rings. The number of amides is 2. The van der Waals surface area contributed by atoms with Crippen molar-refractivity contribution in [3.05, 3.63) is 53.1 Å². The van der Waals surface area contributed by atoms with E-state index in [-0.39, 0.29) is 23.8 Å². The average molecular weight is 482 g/mol. The van der Waals surface area contributed by atoms with Gasteiger partial charge in [-0.2, -0.15) is 8.42 Å². The molecule has 1 aliphatic heterocycles. The van der Waals surface area contributed by atoms with Gasteiger partial charge in [-0.1, -0.05) is 11.6 Å². The average Bonchev–Trinajstić information content (AvgIpc) is 2.76. The predicted octanol–water partition coefficient (Wildman–Crippen LogP) is 2.53. The van der Waals surface area contributed by atoms with Gasteiger partial charge in [-0.3, -0.25) is 4.79 Å². The minimum atomic E-state index is -4.27. The summed E-state index contributed by atoms with van der Waals surface area (Å²) in [7, 11) is -3.03. The van der Waals surface area contributed by atoms with Gasteiger partial charge in [-0.05, 0) is 67.3 Å². The third kappa shape index (κ3) is 5.50. The predicted molar refractivity (Wildman–Crippen MR) is 120 cm³/mol. The lowest BCUT2D eigenvalue weighted by Crippen LogP contribution is -2.47. The van der Waals surface area contributed by atoms with Crippen LogP contribution in [-0.4, -0.2) is 51.8 Å². The zero-order valence-corrected chi connectivity index (χ0v) is 18.9. The van der Waals surface area contributed by atoms with Crippen LogP contribution in [0.5, 0.6) is 0 Å². The van der Waals surface area contributed by atoms with E-state index in [2.05, 4.69) is 14.8 Å². The summed E-state index contributed by atoms with van der Waals surface area (Å²) in [4.78, 5) is 26.0. The molecular formula is C21H24ClN3O6S. The largest absolute Gasteiger partial charge is 0.422 e. The summed E-state index contributed by atoms with van der Waals surface area (Å²) in [5.41, 5.74) is 2.32. The molecule has 0 saturated heterocycles. The number of nitrogens with one attached hydrogen (secondary N) is 2. The summed E-state index contributed by atoms with van der Waals surface area (Å²) in [6.07, 6.45) is 0.826. The number of hydrogen-bond donors (Lipinski definition) is 3. The van der Waals surface area contributed by atoms with Crippen molar-refractivity contribution in [1.29, 1.82) is 0 Å². The molecular weight excluding hydrogens is 458 g/mol. The number of carbonyl (C=O) groups is 2. The number of aryl methyl sites for hydroxylation is 1. The van der Waals surface area contributed by atoms with Crippen LogP contribution >= 0.6 is 11.6 Å². The Labute approximate surface area is 191 Å². The highest BCUT2D eigenvalue weighted by Gasteiger charge is 2.29. The maximum absolute atomic E-state index is 13.1. The van der Waals surface area contributed by atoms with Crippen LogP contribution in [0.3, 0.4) is 0 Å². The van der Waals surface area contributed by atoms with E-state index in [1.54, 1.807) is 6.07 Å². The van der Waals surface area contributed by atoms with Crippen LogP contribution in [-0.2, 0) is 25.5 Å². The molecule has 172 valence electrons. The summed E-state index contributed by atoms with van der Waals surface area (Å²) in [5.74, 6) is -0.334. The lowest BCUT2D eigenvalue weighted by atomic mass is 9.98. The third-order valence-electron chi connectivity index (χ3n) is 5.08. The number of hydrogen-bond acceptors (Lipinski definition) is 7. The van der Waals surface area contributed by atoms with Crippen LogP contribution in [0.15, 0.2) is 47.4 Å². The first kappa shape index (κ1) is 23.8. The van der Waals surface area contributed by atoms with Gasteiger partial charge in [-0.15, -0.1) is 0 Å². The molecule has 0 radical (unpaired) electrons. The normalized spacial score (nSPS) is 14.3. The van der Waals surface area contributed by atoms with Crippen molar-refractivity contribution in [2.75, 3.05) is 30.4 Å². The van der Waals surface area contributed by atoms with Gasteiger partial charge in [0.2, 0.25) is 5.91 Å². The second-order valence-corrected chi connectivity index (χ2v) is 9.17. The van der Waals surface area contributed by atoms with E-state index in [1.165, 1.54) is 31.3 Å². The Hall–Kier alpha value is -2.82. The molecule has 32 heavy (non-hydrogen) atoms. The first-order valence-electron chi connectivity index (χ1n) is 9.98. The Bertz CT molecular complexity index is 1090. The minimum absolute atomic E-state index is 0.175. The molecule has 0 saturated carbocycles. The highest BCUT2D eigenvalue weighted by atomic mass is 35.5. The molecule has 9 nitrogen and oxygen atoms in total. The van der Waals surface area contributed by atoms with Crippen LogP contribution in [0.1, 0.15) is 18.4 Å². The maximum atomic E-state index is 13.1. The standard InChI is InChI=1S/C21H24ClN3O6S/c1-23-21(28)31-32(29,30)17-7-5-16(6-8-17)24-20(27)19(10-12-26)25-11-2-3-14-13-15(22)4-9-18(14)25/h4-9,13,19,26H,2-3,10-12H2,1H3,(H,23,28)(H,24,27)/t19-/m1/s1. The molecule has 0 aromatic heterocycles. The smallest absolute Gasteiger partial charge is 0.396 e. The zero-order chi connectivity index (χ0) is 23.3. The molecule has 0 unspecified atom stereocenters. The Morgan fingerprint density at radius 1 is 1.22 bits per heavy atom. The molecule has 0 bridgehead atoms. The molecule has 2 aromatic rings. The van der Waals surface area contributed by atoms with Crippen molar-refractivity contribution in [1.82, 2.24) is 5.32 Å². The van der Waals surface area contributed by atoms with Crippen molar-refractivity contribution in [2.24, 2.45) is 0 Å². The van der Waals surface area contributed by atoms with E-state index in [9.17, 15) is 23.1 Å². The summed E-state index contributed by atoms with van der Waals surface area (Å²) in [6.45, 7) is 0.478. The highest BCUT2D eigenvalue weighted by molar-refractivity contribution is 7.87. The van der Waals surface area contributed by atoms with E-state index in [0.29, 0.717) is 17.3 Å². The van der Waals surface area contributed by atoms with E-state index >= 15 is 0 Å².